The predicted octanol–water partition coefficient (Wildman–Crippen LogP) is 4.40. The summed E-state index contributed by atoms with van der Waals surface area (Å²) in [5.41, 5.74) is 4.73. The van der Waals surface area contributed by atoms with Crippen molar-refractivity contribution >= 4 is 21.6 Å². The summed E-state index contributed by atoms with van der Waals surface area (Å²) in [6, 6.07) is 17.8. The Bertz CT molecular complexity index is 1350. The minimum absolute atomic E-state index is 0.111. The maximum absolute atomic E-state index is 13.6. The summed E-state index contributed by atoms with van der Waals surface area (Å²) in [6.45, 7) is 6.28. The highest BCUT2D eigenvalue weighted by atomic mass is 32.2. The van der Waals surface area contributed by atoms with Gasteiger partial charge in [-0.1, -0.05) is 38.1 Å². The van der Waals surface area contributed by atoms with Crippen LogP contribution in [0.1, 0.15) is 36.1 Å². The van der Waals surface area contributed by atoms with Gasteiger partial charge in [-0.15, -0.1) is 0 Å². The largest absolute Gasteiger partial charge is 0.497 e. The molecular formula is C28H32N2O5S. The molecule has 1 amide bonds. The van der Waals surface area contributed by atoms with Crippen molar-refractivity contribution in [1.82, 2.24) is 5.32 Å². The lowest BCUT2D eigenvalue weighted by Crippen LogP contribution is -2.50. The Morgan fingerprint density at radius 3 is 2.44 bits per heavy atom. The molecule has 0 aliphatic carbocycles. The number of hydrogen-bond acceptors (Lipinski definition) is 5. The van der Waals surface area contributed by atoms with E-state index in [2.05, 4.69) is 37.4 Å². The lowest BCUT2D eigenvalue weighted by atomic mass is 10.0. The molecule has 3 aromatic rings. The number of ether oxygens (including phenoxy) is 2. The van der Waals surface area contributed by atoms with E-state index in [9.17, 15) is 13.2 Å². The number of rotatable bonds is 8. The summed E-state index contributed by atoms with van der Waals surface area (Å²) in [7, 11) is -2.43. The van der Waals surface area contributed by atoms with E-state index in [-0.39, 0.29) is 17.3 Å². The number of nitrogens with zero attached hydrogens (tertiary/aromatic N) is 1. The fourth-order valence-electron chi connectivity index (χ4n) is 4.31. The van der Waals surface area contributed by atoms with Gasteiger partial charge >= 0.3 is 0 Å². The first-order valence-corrected chi connectivity index (χ1v) is 13.5. The molecule has 0 bridgehead atoms. The summed E-state index contributed by atoms with van der Waals surface area (Å²) in [5.74, 6) is 0.560. The van der Waals surface area contributed by atoms with E-state index in [1.54, 1.807) is 24.3 Å². The van der Waals surface area contributed by atoms with Crippen molar-refractivity contribution in [3.8, 4) is 11.5 Å². The van der Waals surface area contributed by atoms with Crippen molar-refractivity contribution in [2.75, 3.05) is 18.0 Å². The minimum atomic E-state index is -3.95. The van der Waals surface area contributed by atoms with Crippen LogP contribution in [0.5, 0.6) is 11.5 Å². The summed E-state index contributed by atoms with van der Waals surface area (Å²) in [4.78, 5) is 13.3. The molecule has 190 valence electrons. The summed E-state index contributed by atoms with van der Waals surface area (Å²) >= 11 is 0. The average molecular weight is 509 g/mol. The monoisotopic (exact) mass is 508 g/mol. The number of sulfonamides is 1. The van der Waals surface area contributed by atoms with Gasteiger partial charge in [-0.2, -0.15) is 0 Å². The molecule has 0 aromatic heterocycles. The molecule has 0 radical (unpaired) electrons. The molecule has 36 heavy (non-hydrogen) atoms. The van der Waals surface area contributed by atoms with Gasteiger partial charge in [-0.05, 0) is 78.4 Å². The van der Waals surface area contributed by atoms with Gasteiger partial charge in [0.2, 0.25) is 0 Å². The van der Waals surface area contributed by atoms with Gasteiger partial charge in [0.1, 0.15) is 11.5 Å². The SMILES string of the molecule is CCc1ccc(CC)c(CNC(=O)[C@@H]2CN(S(=O)(=O)c3ccc(OC)cc3)c3ccc(C)cc3O2)c1. The van der Waals surface area contributed by atoms with Crippen molar-refractivity contribution in [3.05, 3.63) is 82.9 Å². The van der Waals surface area contributed by atoms with Gasteiger partial charge in [0, 0.05) is 6.54 Å². The molecule has 3 aromatic carbocycles. The van der Waals surface area contributed by atoms with Crippen LogP contribution in [-0.4, -0.2) is 34.1 Å². The van der Waals surface area contributed by atoms with E-state index in [0.29, 0.717) is 23.7 Å². The van der Waals surface area contributed by atoms with Crippen LogP contribution < -0.4 is 19.1 Å². The number of anilines is 1. The molecule has 0 fully saturated rings. The topological polar surface area (TPSA) is 84.9 Å². The fourth-order valence-corrected chi connectivity index (χ4v) is 5.78. The van der Waals surface area contributed by atoms with Gasteiger partial charge < -0.3 is 14.8 Å². The van der Waals surface area contributed by atoms with Crippen molar-refractivity contribution in [2.24, 2.45) is 0 Å². The predicted molar refractivity (Wildman–Crippen MR) is 140 cm³/mol. The van der Waals surface area contributed by atoms with Crippen LogP contribution in [0.3, 0.4) is 0 Å². The Balaban J connectivity index is 1.61. The first-order chi connectivity index (χ1) is 17.3. The highest BCUT2D eigenvalue weighted by Crippen LogP contribution is 2.38. The third kappa shape index (κ3) is 5.18. The maximum atomic E-state index is 13.6. The number of fused-ring (bicyclic) bond motifs is 1. The van der Waals surface area contributed by atoms with Crippen LogP contribution in [-0.2, 0) is 34.2 Å². The second kappa shape index (κ2) is 10.6. The molecular weight excluding hydrogens is 476 g/mol. The summed E-state index contributed by atoms with van der Waals surface area (Å²) < 4.78 is 39.7. The van der Waals surface area contributed by atoms with Gasteiger partial charge in [0.15, 0.2) is 6.10 Å². The van der Waals surface area contributed by atoms with Crippen LogP contribution in [0.4, 0.5) is 5.69 Å². The number of aryl methyl sites for hydroxylation is 3. The first kappa shape index (κ1) is 25.6. The number of methoxy groups -OCH3 is 1. The lowest BCUT2D eigenvalue weighted by Gasteiger charge is -2.35. The normalized spacial score (nSPS) is 15.1. The molecule has 0 saturated heterocycles. The number of benzene rings is 3. The number of carbonyl (C=O) groups excluding carboxylic acids is 1. The number of carbonyl (C=O) groups is 1. The van der Waals surface area contributed by atoms with Crippen LogP contribution >= 0.6 is 0 Å². The van der Waals surface area contributed by atoms with E-state index in [4.69, 9.17) is 9.47 Å². The van der Waals surface area contributed by atoms with Gasteiger partial charge in [0.25, 0.3) is 15.9 Å². The fraction of sp³-hybridized carbons (Fsp3) is 0.321. The Hall–Kier alpha value is -3.52. The Kier molecular flexibility index (Phi) is 7.54. The van der Waals surface area contributed by atoms with Crippen molar-refractivity contribution in [3.63, 3.8) is 0 Å². The van der Waals surface area contributed by atoms with Crippen molar-refractivity contribution < 1.29 is 22.7 Å². The van der Waals surface area contributed by atoms with Crippen molar-refractivity contribution in [2.45, 2.75) is 51.2 Å². The van der Waals surface area contributed by atoms with Crippen LogP contribution in [0.15, 0.2) is 65.6 Å². The molecule has 0 unspecified atom stereocenters. The summed E-state index contributed by atoms with van der Waals surface area (Å²) in [6.07, 6.45) is 0.771. The molecule has 4 rings (SSSR count). The molecule has 0 saturated carbocycles. The Morgan fingerprint density at radius 2 is 1.78 bits per heavy atom. The second-order valence-corrected chi connectivity index (χ2v) is 10.7. The molecule has 1 aliphatic rings. The minimum Gasteiger partial charge on any atom is -0.497 e. The van der Waals surface area contributed by atoms with E-state index in [0.717, 1.165) is 24.0 Å². The molecule has 1 heterocycles. The molecule has 7 nitrogen and oxygen atoms in total. The standard InChI is InChI=1S/C28H32N2O5S/c1-5-20-8-9-21(6-2)22(16-20)17-29-28(31)27-18-30(25-14-7-19(3)15-26(25)35-27)36(32,33)24-12-10-23(34-4)11-13-24/h7-16,27H,5-6,17-18H2,1-4H3,(H,29,31)/t27-/m0/s1. The lowest BCUT2D eigenvalue weighted by molar-refractivity contribution is -0.127. The van der Waals surface area contributed by atoms with Gasteiger partial charge in [0.05, 0.1) is 24.2 Å². The zero-order valence-electron chi connectivity index (χ0n) is 21.1. The Morgan fingerprint density at radius 1 is 1.03 bits per heavy atom. The first-order valence-electron chi connectivity index (χ1n) is 12.1. The Labute approximate surface area is 213 Å². The number of nitrogens with one attached hydrogen (secondary N) is 1. The second-order valence-electron chi connectivity index (χ2n) is 8.82. The zero-order chi connectivity index (χ0) is 25.9. The van der Waals surface area contributed by atoms with E-state index < -0.39 is 16.1 Å². The molecule has 0 spiro atoms. The third-order valence-electron chi connectivity index (χ3n) is 6.44. The van der Waals surface area contributed by atoms with E-state index in [1.165, 1.54) is 34.7 Å². The maximum Gasteiger partial charge on any atom is 0.264 e. The molecule has 1 aliphatic heterocycles. The zero-order valence-corrected chi connectivity index (χ0v) is 21.9. The third-order valence-corrected chi connectivity index (χ3v) is 8.23. The molecule has 1 N–H and O–H groups in total. The number of hydrogen-bond donors (Lipinski definition) is 1. The molecule has 1 atom stereocenters. The quantitative estimate of drug-likeness (QED) is 0.488. The van der Waals surface area contributed by atoms with Crippen LogP contribution in [0.25, 0.3) is 0 Å². The van der Waals surface area contributed by atoms with Crippen molar-refractivity contribution in [1.29, 1.82) is 0 Å². The van der Waals surface area contributed by atoms with Crippen LogP contribution in [0.2, 0.25) is 0 Å². The van der Waals surface area contributed by atoms with Gasteiger partial charge in [-0.25, -0.2) is 8.42 Å². The van der Waals surface area contributed by atoms with E-state index >= 15 is 0 Å². The molecule has 8 heteroatoms. The highest BCUT2D eigenvalue weighted by molar-refractivity contribution is 7.92. The van der Waals surface area contributed by atoms with E-state index in [1.807, 2.05) is 13.0 Å². The summed E-state index contributed by atoms with van der Waals surface area (Å²) in [5, 5.41) is 2.97. The highest BCUT2D eigenvalue weighted by Gasteiger charge is 2.37. The number of amides is 1. The van der Waals surface area contributed by atoms with Gasteiger partial charge in [-0.3, -0.25) is 9.10 Å². The van der Waals surface area contributed by atoms with Crippen LogP contribution in [0, 0.1) is 6.92 Å². The average Bonchev–Trinajstić information content (AvgIpc) is 2.90. The smallest absolute Gasteiger partial charge is 0.264 e.